The molecule has 0 aliphatic carbocycles. The molecular formula is C12H18FNO. The van der Waals surface area contributed by atoms with Gasteiger partial charge in [0, 0.05) is 12.1 Å². The third-order valence-electron chi connectivity index (χ3n) is 2.31. The van der Waals surface area contributed by atoms with Crippen molar-refractivity contribution in [2.24, 2.45) is 0 Å². The maximum absolute atomic E-state index is 12.9. The number of benzene rings is 1. The van der Waals surface area contributed by atoms with Gasteiger partial charge in [0.2, 0.25) is 0 Å². The molecule has 1 rings (SSSR count). The molecule has 0 aromatic heterocycles. The number of rotatable bonds is 5. The van der Waals surface area contributed by atoms with Crippen molar-refractivity contribution >= 4 is 0 Å². The maximum Gasteiger partial charge on any atom is 0.126 e. The monoisotopic (exact) mass is 211 g/mol. The Morgan fingerprint density at radius 1 is 1.40 bits per heavy atom. The average Bonchev–Trinajstić information content (AvgIpc) is 2.17. The molecule has 1 aromatic carbocycles. The van der Waals surface area contributed by atoms with Crippen LogP contribution in [0.2, 0.25) is 0 Å². The molecule has 0 fully saturated rings. The van der Waals surface area contributed by atoms with Crippen LogP contribution in [0.25, 0.3) is 0 Å². The quantitative estimate of drug-likeness (QED) is 0.808. The van der Waals surface area contributed by atoms with Crippen molar-refractivity contribution in [3.63, 3.8) is 0 Å². The van der Waals surface area contributed by atoms with Gasteiger partial charge in [0.25, 0.3) is 0 Å². The summed E-state index contributed by atoms with van der Waals surface area (Å²) >= 11 is 0. The van der Waals surface area contributed by atoms with E-state index in [9.17, 15) is 4.39 Å². The molecule has 2 atom stereocenters. The Hall–Kier alpha value is -1.09. The number of hydrogen-bond acceptors (Lipinski definition) is 2. The molecule has 0 spiro atoms. The predicted octanol–water partition coefficient (Wildman–Crippen LogP) is 2.59. The lowest BCUT2D eigenvalue weighted by Crippen LogP contribution is -2.28. The largest absolute Gasteiger partial charge is 0.491 e. The minimum atomic E-state index is -0.263. The number of hydrogen-bond donors (Lipinski definition) is 1. The summed E-state index contributed by atoms with van der Waals surface area (Å²) in [6.45, 7) is 4.07. The van der Waals surface area contributed by atoms with Gasteiger partial charge in [0.15, 0.2) is 0 Å². The first-order valence-corrected chi connectivity index (χ1v) is 5.21. The van der Waals surface area contributed by atoms with Crippen molar-refractivity contribution in [2.75, 3.05) is 7.05 Å². The first-order chi connectivity index (χ1) is 7.11. The van der Waals surface area contributed by atoms with E-state index in [2.05, 4.69) is 12.2 Å². The van der Waals surface area contributed by atoms with Gasteiger partial charge in [0.05, 0.1) is 6.10 Å². The molecule has 3 heteroatoms. The summed E-state index contributed by atoms with van der Waals surface area (Å²) in [5, 5.41) is 3.14. The summed E-state index contributed by atoms with van der Waals surface area (Å²) in [7, 11) is 1.92. The van der Waals surface area contributed by atoms with E-state index in [1.165, 1.54) is 12.1 Å². The summed E-state index contributed by atoms with van der Waals surface area (Å²) in [5.74, 6) is 0.326. The van der Waals surface area contributed by atoms with E-state index >= 15 is 0 Å². The molecule has 2 unspecified atom stereocenters. The maximum atomic E-state index is 12.9. The Morgan fingerprint density at radius 3 is 2.73 bits per heavy atom. The van der Waals surface area contributed by atoms with Crippen molar-refractivity contribution in [1.82, 2.24) is 5.32 Å². The minimum absolute atomic E-state index is 0.0780. The summed E-state index contributed by atoms with van der Waals surface area (Å²) < 4.78 is 18.4. The van der Waals surface area contributed by atoms with Gasteiger partial charge in [-0.3, -0.25) is 0 Å². The zero-order valence-electron chi connectivity index (χ0n) is 9.46. The summed E-state index contributed by atoms with van der Waals surface area (Å²) in [4.78, 5) is 0. The van der Waals surface area contributed by atoms with Crippen LogP contribution in [-0.2, 0) is 0 Å². The van der Waals surface area contributed by atoms with Gasteiger partial charge in [-0.1, -0.05) is 6.07 Å². The van der Waals surface area contributed by atoms with Gasteiger partial charge >= 0.3 is 0 Å². The highest BCUT2D eigenvalue weighted by molar-refractivity contribution is 5.22. The molecule has 0 saturated carbocycles. The molecular weight excluding hydrogens is 193 g/mol. The molecule has 1 aromatic rings. The molecule has 15 heavy (non-hydrogen) atoms. The fraction of sp³-hybridized carbons (Fsp3) is 0.500. The lowest BCUT2D eigenvalue weighted by molar-refractivity contribution is 0.197. The van der Waals surface area contributed by atoms with Crippen LogP contribution in [0.1, 0.15) is 20.3 Å². The van der Waals surface area contributed by atoms with Gasteiger partial charge in [-0.2, -0.15) is 0 Å². The van der Waals surface area contributed by atoms with Crippen LogP contribution >= 0.6 is 0 Å². The fourth-order valence-electron chi connectivity index (χ4n) is 1.44. The molecule has 0 bridgehead atoms. The first-order valence-electron chi connectivity index (χ1n) is 5.21. The van der Waals surface area contributed by atoms with Crippen LogP contribution in [0.3, 0.4) is 0 Å². The Morgan fingerprint density at radius 2 is 2.13 bits per heavy atom. The highest BCUT2D eigenvalue weighted by Crippen LogP contribution is 2.15. The Labute approximate surface area is 90.4 Å². The van der Waals surface area contributed by atoms with Crippen molar-refractivity contribution in [2.45, 2.75) is 32.4 Å². The van der Waals surface area contributed by atoms with E-state index in [1.54, 1.807) is 12.1 Å². The van der Waals surface area contributed by atoms with Crippen LogP contribution in [0.5, 0.6) is 5.75 Å². The lowest BCUT2D eigenvalue weighted by Gasteiger charge is -2.18. The predicted molar refractivity (Wildman–Crippen MR) is 59.6 cm³/mol. The molecule has 1 N–H and O–H groups in total. The van der Waals surface area contributed by atoms with E-state index < -0.39 is 0 Å². The molecule has 0 radical (unpaired) electrons. The van der Waals surface area contributed by atoms with E-state index in [-0.39, 0.29) is 11.9 Å². The standard InChI is InChI=1S/C12H18FNO/c1-9(14-3)7-10(2)15-12-6-4-5-11(13)8-12/h4-6,8-10,14H,7H2,1-3H3. The average molecular weight is 211 g/mol. The summed E-state index contributed by atoms with van der Waals surface area (Å²) in [5.41, 5.74) is 0. The summed E-state index contributed by atoms with van der Waals surface area (Å²) in [6.07, 6.45) is 0.974. The smallest absolute Gasteiger partial charge is 0.126 e. The highest BCUT2D eigenvalue weighted by atomic mass is 19.1. The summed E-state index contributed by atoms with van der Waals surface area (Å²) in [6, 6.07) is 6.63. The van der Waals surface area contributed by atoms with Crippen LogP contribution in [0, 0.1) is 5.82 Å². The van der Waals surface area contributed by atoms with Crippen LogP contribution in [-0.4, -0.2) is 19.2 Å². The van der Waals surface area contributed by atoms with E-state index in [0.717, 1.165) is 6.42 Å². The fourth-order valence-corrected chi connectivity index (χ4v) is 1.44. The molecule has 0 amide bonds. The third kappa shape index (κ3) is 4.30. The van der Waals surface area contributed by atoms with Crippen molar-refractivity contribution in [3.8, 4) is 5.75 Å². The van der Waals surface area contributed by atoms with Crippen molar-refractivity contribution in [3.05, 3.63) is 30.1 Å². The van der Waals surface area contributed by atoms with Crippen LogP contribution in [0.4, 0.5) is 4.39 Å². The Bertz CT molecular complexity index is 303. The molecule has 84 valence electrons. The first kappa shape index (κ1) is 12.0. The Balaban J connectivity index is 2.47. The molecule has 0 aliphatic rings. The van der Waals surface area contributed by atoms with Gasteiger partial charge in [-0.15, -0.1) is 0 Å². The van der Waals surface area contributed by atoms with Gasteiger partial charge in [0.1, 0.15) is 11.6 Å². The molecule has 0 saturated heterocycles. The van der Waals surface area contributed by atoms with Crippen LogP contribution < -0.4 is 10.1 Å². The zero-order valence-corrected chi connectivity index (χ0v) is 9.46. The zero-order chi connectivity index (χ0) is 11.3. The van der Waals surface area contributed by atoms with Crippen molar-refractivity contribution < 1.29 is 9.13 Å². The van der Waals surface area contributed by atoms with E-state index in [1.807, 2.05) is 14.0 Å². The second kappa shape index (κ2) is 5.71. The lowest BCUT2D eigenvalue weighted by atomic mass is 10.1. The Kier molecular flexibility index (Phi) is 4.56. The molecule has 0 heterocycles. The topological polar surface area (TPSA) is 21.3 Å². The second-order valence-corrected chi connectivity index (χ2v) is 3.81. The third-order valence-corrected chi connectivity index (χ3v) is 2.31. The van der Waals surface area contributed by atoms with Gasteiger partial charge in [-0.05, 0) is 39.4 Å². The number of nitrogens with one attached hydrogen (secondary N) is 1. The van der Waals surface area contributed by atoms with Crippen LogP contribution in [0.15, 0.2) is 24.3 Å². The van der Waals surface area contributed by atoms with E-state index in [0.29, 0.717) is 11.8 Å². The minimum Gasteiger partial charge on any atom is -0.491 e. The highest BCUT2D eigenvalue weighted by Gasteiger charge is 2.08. The normalized spacial score (nSPS) is 14.7. The van der Waals surface area contributed by atoms with Gasteiger partial charge in [-0.25, -0.2) is 4.39 Å². The SMILES string of the molecule is CNC(C)CC(C)Oc1cccc(F)c1. The number of halogens is 1. The van der Waals surface area contributed by atoms with Gasteiger partial charge < -0.3 is 10.1 Å². The molecule has 0 aliphatic heterocycles. The second-order valence-electron chi connectivity index (χ2n) is 3.81. The molecule has 2 nitrogen and oxygen atoms in total. The van der Waals surface area contributed by atoms with E-state index in [4.69, 9.17) is 4.74 Å². The van der Waals surface area contributed by atoms with Crippen molar-refractivity contribution in [1.29, 1.82) is 0 Å². The number of ether oxygens (including phenoxy) is 1.